The molecule has 0 aliphatic heterocycles. The zero-order chi connectivity index (χ0) is 16.2. The number of carbonyl (C=O) groups is 2. The van der Waals surface area contributed by atoms with Gasteiger partial charge in [-0.3, -0.25) is 10.1 Å². The Morgan fingerprint density at radius 2 is 2.09 bits per heavy atom. The molecule has 1 N–H and O–H groups in total. The molecule has 0 spiro atoms. The molecule has 2 aromatic heterocycles. The maximum absolute atomic E-state index is 12.5. The first-order valence-electron chi connectivity index (χ1n) is 6.63. The summed E-state index contributed by atoms with van der Waals surface area (Å²) in [7, 11) is 1.29. The highest BCUT2D eigenvalue weighted by molar-refractivity contribution is 7.17. The van der Waals surface area contributed by atoms with Crippen molar-refractivity contribution < 1.29 is 14.3 Å². The van der Waals surface area contributed by atoms with Crippen LogP contribution in [0.15, 0.2) is 48.9 Å². The third-order valence-electron chi connectivity index (χ3n) is 3.01. The van der Waals surface area contributed by atoms with E-state index in [0.29, 0.717) is 21.3 Å². The SMILES string of the molecule is COC(=O)c1cnc(NC(=O)c2ccccc2-n2cccn2)s1. The lowest BCUT2D eigenvalue weighted by Crippen LogP contribution is -2.15. The number of nitrogens with zero attached hydrogens (tertiary/aromatic N) is 3. The zero-order valence-electron chi connectivity index (χ0n) is 12.1. The summed E-state index contributed by atoms with van der Waals surface area (Å²) in [5, 5.41) is 7.14. The van der Waals surface area contributed by atoms with E-state index in [1.807, 2.05) is 6.07 Å². The molecule has 3 aromatic rings. The number of hydrogen-bond acceptors (Lipinski definition) is 6. The van der Waals surface area contributed by atoms with Crippen LogP contribution in [0, 0.1) is 0 Å². The third-order valence-corrected chi connectivity index (χ3v) is 3.91. The highest BCUT2D eigenvalue weighted by Crippen LogP contribution is 2.21. The Morgan fingerprint density at radius 3 is 2.83 bits per heavy atom. The predicted octanol–water partition coefficient (Wildman–Crippen LogP) is 2.37. The number of para-hydroxylation sites is 1. The van der Waals surface area contributed by atoms with Crippen LogP contribution in [0.1, 0.15) is 20.0 Å². The van der Waals surface area contributed by atoms with Crippen molar-refractivity contribution in [2.45, 2.75) is 0 Å². The number of benzene rings is 1. The van der Waals surface area contributed by atoms with Crippen molar-refractivity contribution >= 4 is 28.3 Å². The Bertz CT molecular complexity index is 842. The van der Waals surface area contributed by atoms with Crippen LogP contribution in [0.4, 0.5) is 5.13 Å². The number of ether oxygens (including phenoxy) is 1. The Balaban J connectivity index is 1.84. The number of nitrogens with one attached hydrogen (secondary N) is 1. The maximum atomic E-state index is 12.5. The second-order valence-electron chi connectivity index (χ2n) is 4.44. The fourth-order valence-corrected chi connectivity index (χ4v) is 2.70. The summed E-state index contributed by atoms with van der Waals surface area (Å²) in [4.78, 5) is 28.2. The Hall–Kier alpha value is -3.00. The van der Waals surface area contributed by atoms with Crippen LogP contribution in [0.5, 0.6) is 0 Å². The van der Waals surface area contributed by atoms with Crippen LogP contribution in [0.3, 0.4) is 0 Å². The van der Waals surface area contributed by atoms with Crippen LogP contribution in [0.2, 0.25) is 0 Å². The molecule has 8 heteroatoms. The second-order valence-corrected chi connectivity index (χ2v) is 5.47. The first-order chi connectivity index (χ1) is 11.2. The van der Waals surface area contributed by atoms with E-state index < -0.39 is 5.97 Å². The van der Waals surface area contributed by atoms with Gasteiger partial charge in [-0.1, -0.05) is 23.5 Å². The van der Waals surface area contributed by atoms with Crippen molar-refractivity contribution in [3.8, 4) is 5.69 Å². The standard InChI is InChI=1S/C15H12N4O3S/c1-22-14(21)12-9-16-15(23-12)18-13(20)10-5-2-3-6-11(10)19-8-4-7-17-19/h2-9H,1H3,(H,16,18,20). The monoisotopic (exact) mass is 328 g/mol. The van der Waals surface area contributed by atoms with Gasteiger partial charge < -0.3 is 4.74 Å². The first kappa shape index (κ1) is 14.9. The minimum Gasteiger partial charge on any atom is -0.465 e. The van der Waals surface area contributed by atoms with Crippen LogP contribution in [-0.2, 0) is 4.74 Å². The van der Waals surface area contributed by atoms with Gasteiger partial charge in [0.05, 0.1) is 24.6 Å². The summed E-state index contributed by atoms with van der Waals surface area (Å²) in [6.45, 7) is 0. The van der Waals surface area contributed by atoms with Gasteiger partial charge in [0.2, 0.25) is 0 Å². The Kier molecular flexibility index (Phi) is 4.15. The molecule has 7 nitrogen and oxygen atoms in total. The van der Waals surface area contributed by atoms with E-state index >= 15 is 0 Å². The number of esters is 1. The number of methoxy groups -OCH3 is 1. The normalized spacial score (nSPS) is 10.3. The maximum Gasteiger partial charge on any atom is 0.349 e. The van der Waals surface area contributed by atoms with Gasteiger partial charge in [0, 0.05) is 12.4 Å². The van der Waals surface area contributed by atoms with E-state index in [-0.39, 0.29) is 5.91 Å². The second kappa shape index (κ2) is 6.41. The van der Waals surface area contributed by atoms with Crippen molar-refractivity contribution in [3.63, 3.8) is 0 Å². The van der Waals surface area contributed by atoms with Gasteiger partial charge in [-0.15, -0.1) is 0 Å². The number of hydrogen-bond donors (Lipinski definition) is 1. The summed E-state index contributed by atoms with van der Waals surface area (Å²) < 4.78 is 6.22. The molecular weight excluding hydrogens is 316 g/mol. The van der Waals surface area contributed by atoms with E-state index in [1.54, 1.807) is 41.3 Å². The van der Waals surface area contributed by atoms with Gasteiger partial charge >= 0.3 is 5.97 Å². The summed E-state index contributed by atoms with van der Waals surface area (Å²) in [5.41, 5.74) is 1.10. The van der Waals surface area contributed by atoms with Crippen LogP contribution >= 0.6 is 11.3 Å². The van der Waals surface area contributed by atoms with Crippen molar-refractivity contribution in [1.82, 2.24) is 14.8 Å². The van der Waals surface area contributed by atoms with Gasteiger partial charge in [0.15, 0.2) is 5.13 Å². The summed E-state index contributed by atoms with van der Waals surface area (Å²) >= 11 is 1.05. The van der Waals surface area contributed by atoms with Crippen LogP contribution in [-0.4, -0.2) is 33.8 Å². The van der Waals surface area contributed by atoms with E-state index in [4.69, 9.17) is 0 Å². The Labute approximate surface area is 135 Å². The Morgan fingerprint density at radius 1 is 1.26 bits per heavy atom. The van der Waals surface area contributed by atoms with Gasteiger partial charge in [-0.05, 0) is 18.2 Å². The van der Waals surface area contributed by atoms with Gasteiger partial charge in [-0.2, -0.15) is 5.10 Å². The highest BCUT2D eigenvalue weighted by atomic mass is 32.1. The lowest BCUT2D eigenvalue weighted by Gasteiger charge is -2.08. The predicted molar refractivity (Wildman–Crippen MR) is 85.0 cm³/mol. The molecule has 2 heterocycles. The van der Waals surface area contributed by atoms with Gasteiger partial charge in [0.25, 0.3) is 5.91 Å². The molecule has 1 aromatic carbocycles. The molecule has 1 amide bonds. The lowest BCUT2D eigenvalue weighted by molar-refractivity contribution is 0.0606. The fourth-order valence-electron chi connectivity index (χ4n) is 1.97. The molecular formula is C15H12N4O3S. The molecule has 0 radical (unpaired) electrons. The molecule has 0 bridgehead atoms. The highest BCUT2D eigenvalue weighted by Gasteiger charge is 2.16. The van der Waals surface area contributed by atoms with Gasteiger partial charge in [0.1, 0.15) is 4.88 Å². The van der Waals surface area contributed by atoms with E-state index in [9.17, 15) is 9.59 Å². The molecule has 23 heavy (non-hydrogen) atoms. The number of amides is 1. The minimum atomic E-state index is -0.486. The molecule has 0 aliphatic carbocycles. The van der Waals surface area contributed by atoms with E-state index in [2.05, 4.69) is 20.1 Å². The summed E-state index contributed by atoms with van der Waals surface area (Å²) in [5.74, 6) is -0.818. The summed E-state index contributed by atoms with van der Waals surface area (Å²) in [6, 6.07) is 8.86. The average molecular weight is 328 g/mol. The number of carbonyl (C=O) groups excluding carboxylic acids is 2. The molecule has 0 atom stereocenters. The zero-order valence-corrected chi connectivity index (χ0v) is 12.9. The number of anilines is 1. The lowest BCUT2D eigenvalue weighted by atomic mass is 10.1. The number of rotatable bonds is 4. The van der Waals surface area contributed by atoms with Crippen molar-refractivity contribution in [1.29, 1.82) is 0 Å². The number of aromatic nitrogens is 3. The molecule has 116 valence electrons. The van der Waals surface area contributed by atoms with Gasteiger partial charge in [-0.25, -0.2) is 14.5 Å². The van der Waals surface area contributed by atoms with Crippen molar-refractivity contribution in [2.75, 3.05) is 12.4 Å². The molecule has 0 fully saturated rings. The average Bonchev–Trinajstić information content (AvgIpc) is 3.26. The molecule has 0 unspecified atom stereocenters. The number of thiazole rings is 1. The van der Waals surface area contributed by atoms with E-state index in [0.717, 1.165) is 11.3 Å². The molecule has 0 aliphatic rings. The largest absolute Gasteiger partial charge is 0.465 e. The van der Waals surface area contributed by atoms with Crippen molar-refractivity contribution in [3.05, 3.63) is 59.4 Å². The smallest absolute Gasteiger partial charge is 0.349 e. The molecule has 0 saturated heterocycles. The topological polar surface area (TPSA) is 86.1 Å². The van der Waals surface area contributed by atoms with Crippen molar-refractivity contribution in [2.24, 2.45) is 0 Å². The minimum absolute atomic E-state index is 0.322. The van der Waals surface area contributed by atoms with E-state index in [1.165, 1.54) is 13.3 Å². The van der Waals surface area contributed by atoms with Crippen LogP contribution < -0.4 is 5.32 Å². The fraction of sp³-hybridized carbons (Fsp3) is 0.0667. The summed E-state index contributed by atoms with van der Waals surface area (Å²) in [6.07, 6.45) is 4.76. The first-order valence-corrected chi connectivity index (χ1v) is 7.45. The van der Waals surface area contributed by atoms with Crippen LogP contribution in [0.25, 0.3) is 5.69 Å². The molecule has 0 saturated carbocycles. The quantitative estimate of drug-likeness (QED) is 0.743. The third kappa shape index (κ3) is 3.11. The molecule has 3 rings (SSSR count).